The Balaban J connectivity index is 2.20. The highest BCUT2D eigenvalue weighted by molar-refractivity contribution is 6.33. The second-order valence-corrected chi connectivity index (χ2v) is 4.56. The van der Waals surface area contributed by atoms with E-state index in [4.69, 9.17) is 22.1 Å². The number of halogens is 1. The summed E-state index contributed by atoms with van der Waals surface area (Å²) in [6.45, 7) is 2.76. The smallest absolute Gasteiger partial charge is 0.121 e. The zero-order chi connectivity index (χ0) is 11.5. The van der Waals surface area contributed by atoms with Crippen molar-refractivity contribution in [2.45, 2.75) is 6.42 Å². The van der Waals surface area contributed by atoms with E-state index in [0.29, 0.717) is 5.92 Å². The Morgan fingerprint density at radius 2 is 2.38 bits per heavy atom. The number of anilines is 1. The van der Waals surface area contributed by atoms with Crippen molar-refractivity contribution >= 4 is 17.3 Å². The van der Waals surface area contributed by atoms with Gasteiger partial charge in [0.05, 0.1) is 17.8 Å². The fourth-order valence-corrected chi connectivity index (χ4v) is 2.34. The maximum absolute atomic E-state index is 6.20. The SMILES string of the molecule is COc1ccc(Cl)c(N2CCC(CN)C2)c1. The molecule has 1 heterocycles. The number of benzene rings is 1. The zero-order valence-corrected chi connectivity index (χ0v) is 10.2. The molecule has 0 aliphatic carbocycles. The van der Waals surface area contributed by atoms with Crippen LogP contribution in [0, 0.1) is 5.92 Å². The first-order valence-corrected chi connectivity index (χ1v) is 5.91. The van der Waals surface area contributed by atoms with Gasteiger partial charge < -0.3 is 15.4 Å². The average molecular weight is 241 g/mol. The van der Waals surface area contributed by atoms with Crippen molar-refractivity contribution in [2.75, 3.05) is 31.6 Å². The standard InChI is InChI=1S/C12H17ClN2O/c1-16-10-2-3-11(13)12(6-10)15-5-4-9(7-14)8-15/h2-3,6,9H,4-5,7-8,14H2,1H3. The van der Waals surface area contributed by atoms with Crippen LogP contribution in [0.15, 0.2) is 18.2 Å². The van der Waals surface area contributed by atoms with E-state index in [-0.39, 0.29) is 0 Å². The maximum Gasteiger partial charge on any atom is 0.121 e. The molecule has 2 N–H and O–H groups in total. The highest BCUT2D eigenvalue weighted by Crippen LogP contribution is 2.33. The first kappa shape index (κ1) is 11.6. The van der Waals surface area contributed by atoms with Crippen LogP contribution in [-0.2, 0) is 0 Å². The van der Waals surface area contributed by atoms with Crippen LogP contribution >= 0.6 is 11.6 Å². The van der Waals surface area contributed by atoms with Crippen molar-refractivity contribution < 1.29 is 4.74 Å². The highest BCUT2D eigenvalue weighted by atomic mass is 35.5. The van der Waals surface area contributed by atoms with Crippen molar-refractivity contribution in [3.8, 4) is 5.75 Å². The molecule has 1 aromatic carbocycles. The lowest BCUT2D eigenvalue weighted by molar-refractivity contribution is 0.415. The molecule has 1 aromatic rings. The summed E-state index contributed by atoms with van der Waals surface area (Å²) in [7, 11) is 1.67. The van der Waals surface area contributed by atoms with Gasteiger partial charge in [-0.2, -0.15) is 0 Å². The second-order valence-electron chi connectivity index (χ2n) is 4.15. The Morgan fingerprint density at radius 3 is 3.00 bits per heavy atom. The van der Waals surface area contributed by atoms with Crippen molar-refractivity contribution in [1.82, 2.24) is 0 Å². The average Bonchev–Trinajstić information content (AvgIpc) is 2.78. The summed E-state index contributed by atoms with van der Waals surface area (Å²) in [6, 6.07) is 5.75. The molecule has 1 aliphatic heterocycles. The van der Waals surface area contributed by atoms with Gasteiger partial charge in [-0.3, -0.25) is 0 Å². The Bertz CT molecular complexity index is 370. The molecule has 0 radical (unpaired) electrons. The van der Waals surface area contributed by atoms with Gasteiger partial charge in [-0.15, -0.1) is 0 Å². The fourth-order valence-electron chi connectivity index (χ4n) is 2.11. The van der Waals surface area contributed by atoms with Gasteiger partial charge in [-0.1, -0.05) is 11.6 Å². The molecule has 0 aromatic heterocycles. The van der Waals surface area contributed by atoms with Gasteiger partial charge in [0.25, 0.3) is 0 Å². The quantitative estimate of drug-likeness (QED) is 0.880. The third-order valence-corrected chi connectivity index (χ3v) is 3.43. The monoisotopic (exact) mass is 240 g/mol. The van der Waals surface area contributed by atoms with Crippen molar-refractivity contribution in [3.05, 3.63) is 23.2 Å². The van der Waals surface area contributed by atoms with Gasteiger partial charge in [-0.05, 0) is 31.0 Å². The maximum atomic E-state index is 6.20. The van der Waals surface area contributed by atoms with E-state index in [1.165, 1.54) is 0 Å². The van der Waals surface area contributed by atoms with E-state index in [1.807, 2.05) is 18.2 Å². The molecular formula is C12H17ClN2O. The summed E-state index contributed by atoms with van der Waals surface area (Å²) in [5, 5.41) is 0.776. The molecule has 16 heavy (non-hydrogen) atoms. The fraction of sp³-hybridized carbons (Fsp3) is 0.500. The lowest BCUT2D eigenvalue weighted by atomic mass is 10.1. The van der Waals surface area contributed by atoms with Crippen molar-refractivity contribution in [2.24, 2.45) is 11.7 Å². The third kappa shape index (κ3) is 2.25. The molecule has 88 valence electrons. The Morgan fingerprint density at radius 1 is 1.56 bits per heavy atom. The molecule has 1 atom stereocenters. The number of nitrogens with two attached hydrogens (primary N) is 1. The largest absolute Gasteiger partial charge is 0.497 e. The van der Waals surface area contributed by atoms with E-state index in [2.05, 4.69) is 4.90 Å². The molecule has 1 unspecified atom stereocenters. The zero-order valence-electron chi connectivity index (χ0n) is 9.45. The van der Waals surface area contributed by atoms with Crippen LogP contribution < -0.4 is 15.4 Å². The summed E-state index contributed by atoms with van der Waals surface area (Å²) in [5.41, 5.74) is 6.74. The van der Waals surface area contributed by atoms with Gasteiger partial charge in [0.15, 0.2) is 0 Å². The molecule has 1 aliphatic rings. The molecule has 2 rings (SSSR count). The normalized spacial score (nSPS) is 20.2. The first-order valence-electron chi connectivity index (χ1n) is 5.53. The topological polar surface area (TPSA) is 38.5 Å². The van der Waals surface area contributed by atoms with E-state index in [0.717, 1.165) is 42.5 Å². The molecule has 3 nitrogen and oxygen atoms in total. The van der Waals surface area contributed by atoms with Gasteiger partial charge in [0, 0.05) is 19.2 Å². The minimum absolute atomic E-state index is 0.585. The lowest BCUT2D eigenvalue weighted by Crippen LogP contribution is -2.22. The Labute approximate surface area is 101 Å². The molecule has 0 bridgehead atoms. The van der Waals surface area contributed by atoms with Crippen LogP contribution in [0.4, 0.5) is 5.69 Å². The van der Waals surface area contributed by atoms with Crippen molar-refractivity contribution in [3.63, 3.8) is 0 Å². The van der Waals surface area contributed by atoms with Crippen LogP contribution in [0.2, 0.25) is 5.02 Å². The Hall–Kier alpha value is -0.930. The van der Waals surface area contributed by atoms with Crippen LogP contribution in [0.5, 0.6) is 5.75 Å². The molecule has 0 spiro atoms. The van der Waals surface area contributed by atoms with E-state index in [9.17, 15) is 0 Å². The van der Waals surface area contributed by atoms with Crippen molar-refractivity contribution in [1.29, 1.82) is 0 Å². The first-order chi connectivity index (χ1) is 7.74. The summed E-state index contributed by atoms with van der Waals surface area (Å²) < 4.78 is 5.21. The number of ether oxygens (including phenoxy) is 1. The lowest BCUT2D eigenvalue weighted by Gasteiger charge is -2.20. The minimum atomic E-state index is 0.585. The van der Waals surface area contributed by atoms with Gasteiger partial charge >= 0.3 is 0 Å². The van der Waals surface area contributed by atoms with Crippen LogP contribution in [0.25, 0.3) is 0 Å². The third-order valence-electron chi connectivity index (χ3n) is 3.11. The van der Waals surface area contributed by atoms with E-state index >= 15 is 0 Å². The molecule has 1 fully saturated rings. The molecular weight excluding hydrogens is 224 g/mol. The van der Waals surface area contributed by atoms with Gasteiger partial charge in [0.1, 0.15) is 5.75 Å². The molecule has 1 saturated heterocycles. The number of hydrogen-bond acceptors (Lipinski definition) is 3. The Kier molecular flexibility index (Phi) is 3.56. The minimum Gasteiger partial charge on any atom is -0.497 e. The number of nitrogens with zero attached hydrogens (tertiary/aromatic N) is 1. The molecule has 0 saturated carbocycles. The second kappa shape index (κ2) is 4.93. The van der Waals surface area contributed by atoms with Crippen LogP contribution in [-0.4, -0.2) is 26.7 Å². The van der Waals surface area contributed by atoms with Crippen LogP contribution in [0.1, 0.15) is 6.42 Å². The number of hydrogen-bond donors (Lipinski definition) is 1. The van der Waals surface area contributed by atoms with Crippen LogP contribution in [0.3, 0.4) is 0 Å². The summed E-state index contributed by atoms with van der Waals surface area (Å²) in [6.07, 6.45) is 1.14. The van der Waals surface area contributed by atoms with E-state index in [1.54, 1.807) is 7.11 Å². The molecule has 4 heteroatoms. The predicted molar refractivity (Wildman–Crippen MR) is 67.4 cm³/mol. The predicted octanol–water partition coefficient (Wildman–Crippen LogP) is 2.13. The summed E-state index contributed by atoms with van der Waals surface area (Å²) >= 11 is 6.20. The number of methoxy groups -OCH3 is 1. The summed E-state index contributed by atoms with van der Waals surface area (Å²) in [5.74, 6) is 1.43. The summed E-state index contributed by atoms with van der Waals surface area (Å²) in [4.78, 5) is 2.28. The van der Waals surface area contributed by atoms with Gasteiger partial charge in [0.2, 0.25) is 0 Å². The highest BCUT2D eigenvalue weighted by Gasteiger charge is 2.23. The van der Waals surface area contributed by atoms with Gasteiger partial charge in [-0.25, -0.2) is 0 Å². The molecule has 0 amide bonds. The van der Waals surface area contributed by atoms with E-state index < -0.39 is 0 Å². The number of rotatable bonds is 3.